The average molecular weight is 290 g/mol. The third-order valence-corrected chi connectivity index (χ3v) is 4.52. The van der Waals surface area contributed by atoms with Gasteiger partial charge in [-0.05, 0) is 37.1 Å². The molecule has 5 nitrogen and oxygen atoms in total. The van der Waals surface area contributed by atoms with Gasteiger partial charge in [-0.15, -0.1) is 0 Å². The maximum atomic E-state index is 11.5. The monoisotopic (exact) mass is 290 g/mol. The molecule has 1 atom stereocenters. The number of nitrogens with zero attached hydrogens (tertiary/aromatic N) is 1. The highest BCUT2D eigenvalue weighted by atomic mass is 16.5. The average Bonchev–Trinajstić information content (AvgIpc) is 2.79. The van der Waals surface area contributed by atoms with E-state index < -0.39 is 6.10 Å². The normalized spacial score (nSPS) is 20.0. The van der Waals surface area contributed by atoms with Crippen LogP contribution in [0, 0.1) is 12.8 Å². The minimum Gasteiger partial charge on any atom is -0.457 e. The summed E-state index contributed by atoms with van der Waals surface area (Å²) in [6.45, 7) is 6.03. The number of carbonyl (C=O) groups excluding carboxylic acids is 1. The highest BCUT2D eigenvalue weighted by molar-refractivity contribution is 5.93. The van der Waals surface area contributed by atoms with Crippen molar-refractivity contribution >= 4 is 5.97 Å². The molecule has 1 fully saturated rings. The van der Waals surface area contributed by atoms with Crippen molar-refractivity contribution in [3.63, 3.8) is 0 Å². The molecule has 2 heterocycles. The minimum atomic E-state index is -0.512. The number of aliphatic hydroxyl groups excluding tert-OH is 1. The predicted octanol–water partition coefficient (Wildman–Crippen LogP) is 0.850. The summed E-state index contributed by atoms with van der Waals surface area (Å²) in [4.78, 5) is 13.8. The molecule has 2 N–H and O–H groups in total. The largest absolute Gasteiger partial charge is 0.457 e. The van der Waals surface area contributed by atoms with E-state index in [1.54, 1.807) is 6.07 Å². The molecule has 1 saturated heterocycles. The molecule has 21 heavy (non-hydrogen) atoms. The number of benzene rings is 1. The highest BCUT2D eigenvalue weighted by Gasteiger charge is 2.30. The number of hydrogen-bond donors (Lipinski definition) is 2. The first-order chi connectivity index (χ1) is 10.1. The van der Waals surface area contributed by atoms with Gasteiger partial charge in [0.1, 0.15) is 6.61 Å². The lowest BCUT2D eigenvalue weighted by atomic mass is 9.93. The molecule has 0 radical (unpaired) electrons. The standard InChI is InChI=1S/C16H22N2O3/c1-10-12(3-4-13-14(10)9-21-16(13)20)15(19)8-18-6-11(7-18)5-17-2/h3-4,11,15,17,19H,5-9H2,1-2H3/t15-/m0/s1. The number of hydrogen-bond acceptors (Lipinski definition) is 5. The van der Waals surface area contributed by atoms with E-state index in [2.05, 4.69) is 10.2 Å². The van der Waals surface area contributed by atoms with Crippen LogP contribution < -0.4 is 5.32 Å². The molecule has 2 aliphatic heterocycles. The van der Waals surface area contributed by atoms with Crippen LogP contribution in [-0.4, -0.2) is 49.2 Å². The van der Waals surface area contributed by atoms with Crippen molar-refractivity contribution in [3.05, 3.63) is 34.4 Å². The van der Waals surface area contributed by atoms with Gasteiger partial charge in [-0.3, -0.25) is 4.90 Å². The molecule has 1 aromatic rings. The van der Waals surface area contributed by atoms with Crippen molar-refractivity contribution in [1.82, 2.24) is 10.2 Å². The van der Waals surface area contributed by atoms with Crippen LogP contribution in [-0.2, 0) is 11.3 Å². The molecular weight excluding hydrogens is 268 g/mol. The SMILES string of the molecule is CNCC1CN(C[C@H](O)c2ccc3c(c2C)COC3=O)C1. The Hall–Kier alpha value is -1.43. The summed E-state index contributed by atoms with van der Waals surface area (Å²) in [5.41, 5.74) is 3.46. The summed E-state index contributed by atoms with van der Waals surface area (Å²) in [6.07, 6.45) is -0.512. The van der Waals surface area contributed by atoms with Crippen LogP contribution in [0.15, 0.2) is 12.1 Å². The lowest BCUT2D eigenvalue weighted by Gasteiger charge is -2.40. The lowest BCUT2D eigenvalue weighted by molar-refractivity contribution is 0.0402. The van der Waals surface area contributed by atoms with E-state index in [1.807, 2.05) is 20.0 Å². The number of cyclic esters (lactones) is 1. The first kappa shape index (κ1) is 14.5. The van der Waals surface area contributed by atoms with Gasteiger partial charge in [0.15, 0.2) is 0 Å². The van der Waals surface area contributed by atoms with E-state index in [-0.39, 0.29) is 5.97 Å². The molecule has 0 amide bonds. The molecule has 3 rings (SSSR count). The molecule has 0 unspecified atom stereocenters. The summed E-state index contributed by atoms with van der Waals surface area (Å²) in [7, 11) is 1.97. The summed E-state index contributed by atoms with van der Waals surface area (Å²) in [5, 5.41) is 13.6. The number of ether oxygens (including phenoxy) is 1. The topological polar surface area (TPSA) is 61.8 Å². The maximum Gasteiger partial charge on any atom is 0.338 e. The van der Waals surface area contributed by atoms with E-state index in [1.165, 1.54) is 0 Å². The van der Waals surface area contributed by atoms with Gasteiger partial charge in [0.05, 0.1) is 11.7 Å². The summed E-state index contributed by atoms with van der Waals surface area (Å²) >= 11 is 0. The van der Waals surface area contributed by atoms with Gasteiger partial charge in [0.2, 0.25) is 0 Å². The van der Waals surface area contributed by atoms with Gasteiger partial charge in [-0.2, -0.15) is 0 Å². The Kier molecular flexibility index (Phi) is 3.97. The van der Waals surface area contributed by atoms with Gasteiger partial charge in [0, 0.05) is 31.7 Å². The van der Waals surface area contributed by atoms with Gasteiger partial charge >= 0.3 is 5.97 Å². The zero-order chi connectivity index (χ0) is 15.0. The Morgan fingerprint density at radius 2 is 2.24 bits per heavy atom. The molecule has 1 aromatic carbocycles. The van der Waals surface area contributed by atoms with Crippen LogP contribution in [0.25, 0.3) is 0 Å². The number of aliphatic hydroxyl groups is 1. The van der Waals surface area contributed by atoms with E-state index in [9.17, 15) is 9.90 Å². The smallest absolute Gasteiger partial charge is 0.338 e. The molecule has 0 saturated carbocycles. The van der Waals surface area contributed by atoms with E-state index in [0.717, 1.165) is 36.3 Å². The van der Waals surface area contributed by atoms with Gasteiger partial charge in [0.25, 0.3) is 0 Å². The Balaban J connectivity index is 1.66. The van der Waals surface area contributed by atoms with Crippen LogP contribution >= 0.6 is 0 Å². The van der Waals surface area contributed by atoms with Gasteiger partial charge in [-0.1, -0.05) is 6.07 Å². The van der Waals surface area contributed by atoms with Crippen LogP contribution in [0.5, 0.6) is 0 Å². The zero-order valence-corrected chi connectivity index (χ0v) is 12.6. The fourth-order valence-corrected chi connectivity index (χ4v) is 3.32. The summed E-state index contributed by atoms with van der Waals surface area (Å²) in [5.74, 6) is 0.432. The first-order valence-corrected chi connectivity index (χ1v) is 7.44. The number of likely N-dealkylation sites (tertiary alicyclic amines) is 1. The summed E-state index contributed by atoms with van der Waals surface area (Å²) in [6, 6.07) is 3.63. The second-order valence-electron chi connectivity index (χ2n) is 6.04. The van der Waals surface area contributed by atoms with Crippen molar-refractivity contribution in [2.45, 2.75) is 19.6 Å². The fourth-order valence-electron chi connectivity index (χ4n) is 3.32. The number of fused-ring (bicyclic) bond motifs is 1. The van der Waals surface area contributed by atoms with Crippen LogP contribution in [0.4, 0.5) is 0 Å². The molecule has 5 heteroatoms. The number of carbonyl (C=O) groups is 1. The van der Waals surface area contributed by atoms with Crippen LogP contribution in [0.3, 0.4) is 0 Å². The fraction of sp³-hybridized carbons (Fsp3) is 0.562. The number of esters is 1. The second-order valence-corrected chi connectivity index (χ2v) is 6.04. The van der Waals surface area contributed by atoms with Crippen molar-refractivity contribution < 1.29 is 14.6 Å². The van der Waals surface area contributed by atoms with Crippen molar-refractivity contribution in [1.29, 1.82) is 0 Å². The second kappa shape index (κ2) is 5.75. The molecule has 114 valence electrons. The Morgan fingerprint density at radius 3 is 2.95 bits per heavy atom. The molecule has 0 bridgehead atoms. The Morgan fingerprint density at radius 1 is 1.48 bits per heavy atom. The zero-order valence-electron chi connectivity index (χ0n) is 12.6. The third-order valence-electron chi connectivity index (χ3n) is 4.52. The number of nitrogens with one attached hydrogen (secondary N) is 1. The van der Waals surface area contributed by atoms with Crippen molar-refractivity contribution in [3.8, 4) is 0 Å². The predicted molar refractivity (Wildman–Crippen MR) is 79.1 cm³/mol. The maximum absolute atomic E-state index is 11.5. The molecule has 0 aromatic heterocycles. The number of β-amino-alcohol motifs (C(OH)–C–C–N with tert-alkyl or cyclic N) is 1. The Labute approximate surface area is 124 Å². The van der Waals surface area contributed by atoms with Crippen molar-refractivity contribution in [2.24, 2.45) is 5.92 Å². The van der Waals surface area contributed by atoms with Gasteiger partial charge in [-0.25, -0.2) is 4.79 Å². The quantitative estimate of drug-likeness (QED) is 0.787. The third kappa shape index (κ3) is 2.69. The molecule has 0 aliphatic carbocycles. The first-order valence-electron chi connectivity index (χ1n) is 7.44. The molecule has 2 aliphatic rings. The van der Waals surface area contributed by atoms with Crippen LogP contribution in [0.2, 0.25) is 0 Å². The van der Waals surface area contributed by atoms with Gasteiger partial charge < -0.3 is 15.2 Å². The molecular formula is C16H22N2O3. The summed E-state index contributed by atoms with van der Waals surface area (Å²) < 4.78 is 5.06. The lowest BCUT2D eigenvalue weighted by Crippen LogP contribution is -2.51. The minimum absolute atomic E-state index is 0.258. The van der Waals surface area contributed by atoms with E-state index in [4.69, 9.17) is 4.74 Å². The Bertz CT molecular complexity index is 553. The van der Waals surface area contributed by atoms with Crippen LogP contribution in [0.1, 0.15) is 33.2 Å². The van der Waals surface area contributed by atoms with E-state index in [0.29, 0.717) is 24.6 Å². The molecule has 0 spiro atoms. The van der Waals surface area contributed by atoms with Crippen molar-refractivity contribution in [2.75, 3.05) is 33.2 Å². The highest BCUT2D eigenvalue weighted by Crippen LogP contribution is 2.30. The van der Waals surface area contributed by atoms with E-state index >= 15 is 0 Å². The number of rotatable bonds is 5.